The molecule has 0 aromatic heterocycles. The second-order valence-corrected chi connectivity index (χ2v) is 3.01. The summed E-state index contributed by atoms with van der Waals surface area (Å²) in [6, 6.07) is 0. The lowest BCUT2D eigenvalue weighted by molar-refractivity contribution is 0.798. The van der Waals surface area contributed by atoms with Gasteiger partial charge >= 0.3 is 0 Å². The Hall–Kier alpha value is -0.570. The molecule has 0 fully saturated rings. The van der Waals surface area contributed by atoms with Gasteiger partial charge in [-0.15, -0.1) is 0 Å². The first-order valence-corrected chi connectivity index (χ1v) is 3.85. The SMILES string of the molecule is CC(S)NC1=CNCC=C1.[HH]. The van der Waals surface area contributed by atoms with Crippen molar-refractivity contribution in [1.82, 2.24) is 10.6 Å². The van der Waals surface area contributed by atoms with E-state index < -0.39 is 0 Å². The molecule has 0 bridgehead atoms. The van der Waals surface area contributed by atoms with Crippen LogP contribution >= 0.6 is 12.6 Å². The molecule has 1 rings (SSSR count). The second kappa shape index (κ2) is 3.56. The minimum atomic E-state index is 0. The maximum Gasteiger partial charge on any atom is 0.0665 e. The molecule has 0 radical (unpaired) electrons. The van der Waals surface area contributed by atoms with Crippen molar-refractivity contribution in [3.05, 3.63) is 24.0 Å². The summed E-state index contributed by atoms with van der Waals surface area (Å²) in [5.41, 5.74) is 1.09. The van der Waals surface area contributed by atoms with Crippen molar-refractivity contribution in [2.75, 3.05) is 6.54 Å². The minimum Gasteiger partial charge on any atom is -0.386 e. The highest BCUT2D eigenvalue weighted by molar-refractivity contribution is 7.80. The van der Waals surface area contributed by atoms with Gasteiger partial charge in [-0.2, -0.15) is 12.6 Å². The molecule has 0 aromatic carbocycles. The smallest absolute Gasteiger partial charge is 0.0665 e. The Kier molecular flexibility index (Phi) is 2.68. The number of thiol groups is 1. The fourth-order valence-corrected chi connectivity index (χ4v) is 0.951. The van der Waals surface area contributed by atoms with E-state index in [4.69, 9.17) is 0 Å². The molecule has 2 N–H and O–H groups in total. The van der Waals surface area contributed by atoms with Crippen molar-refractivity contribution in [2.45, 2.75) is 12.3 Å². The van der Waals surface area contributed by atoms with E-state index in [1.54, 1.807) is 0 Å². The van der Waals surface area contributed by atoms with E-state index in [2.05, 4.69) is 29.3 Å². The van der Waals surface area contributed by atoms with Crippen molar-refractivity contribution in [1.29, 1.82) is 0 Å². The molecule has 1 unspecified atom stereocenters. The largest absolute Gasteiger partial charge is 0.386 e. The number of nitrogens with one attached hydrogen (secondary N) is 2. The topological polar surface area (TPSA) is 24.1 Å². The van der Waals surface area contributed by atoms with Gasteiger partial charge in [-0.1, -0.05) is 6.08 Å². The summed E-state index contributed by atoms with van der Waals surface area (Å²) in [5.74, 6) is 0. The summed E-state index contributed by atoms with van der Waals surface area (Å²) in [7, 11) is 0. The zero-order chi connectivity index (χ0) is 7.40. The first kappa shape index (κ1) is 7.54. The van der Waals surface area contributed by atoms with E-state index in [-0.39, 0.29) is 6.80 Å². The van der Waals surface area contributed by atoms with Crippen LogP contribution < -0.4 is 10.6 Å². The van der Waals surface area contributed by atoms with Crippen LogP contribution in [0, 0.1) is 0 Å². The van der Waals surface area contributed by atoms with Crippen LogP contribution in [0.5, 0.6) is 0 Å². The molecule has 0 saturated carbocycles. The lowest BCUT2D eigenvalue weighted by atomic mass is 10.3. The highest BCUT2D eigenvalue weighted by Crippen LogP contribution is 1.98. The quantitative estimate of drug-likeness (QED) is 0.414. The maximum atomic E-state index is 4.19. The molecule has 58 valence electrons. The van der Waals surface area contributed by atoms with Crippen molar-refractivity contribution in [3.63, 3.8) is 0 Å². The normalized spacial score (nSPS) is 19.2. The predicted octanol–water partition coefficient (Wildman–Crippen LogP) is 1.10. The van der Waals surface area contributed by atoms with Crippen LogP contribution in [-0.2, 0) is 0 Å². The third kappa shape index (κ3) is 2.35. The van der Waals surface area contributed by atoms with E-state index in [1.807, 2.05) is 19.2 Å². The van der Waals surface area contributed by atoms with Gasteiger partial charge in [-0.25, -0.2) is 0 Å². The van der Waals surface area contributed by atoms with Crippen LogP contribution in [0.1, 0.15) is 8.35 Å². The summed E-state index contributed by atoms with van der Waals surface area (Å²) < 4.78 is 0. The number of allylic oxidation sites excluding steroid dienone is 1. The molecular weight excluding hydrogens is 144 g/mol. The molecular formula is C7H14N2S. The zero-order valence-corrected chi connectivity index (χ0v) is 6.86. The Morgan fingerprint density at radius 2 is 2.70 bits per heavy atom. The molecule has 2 nitrogen and oxygen atoms in total. The minimum absolute atomic E-state index is 0. The van der Waals surface area contributed by atoms with E-state index in [0.29, 0.717) is 0 Å². The van der Waals surface area contributed by atoms with Crippen LogP contribution in [0.25, 0.3) is 0 Å². The molecule has 0 spiro atoms. The van der Waals surface area contributed by atoms with Crippen LogP contribution in [-0.4, -0.2) is 11.9 Å². The lowest BCUT2D eigenvalue weighted by Gasteiger charge is -2.13. The first-order valence-electron chi connectivity index (χ1n) is 3.34. The predicted molar refractivity (Wildman–Crippen MR) is 48.9 cm³/mol. The molecule has 0 aliphatic carbocycles. The lowest BCUT2D eigenvalue weighted by Crippen LogP contribution is -2.23. The Labute approximate surface area is 68.3 Å². The van der Waals surface area contributed by atoms with Gasteiger partial charge in [0.15, 0.2) is 0 Å². The standard InChI is InChI=1S/C7H12N2S.H2/c1-6(10)9-7-3-2-4-8-5-7;/h2-3,5-6,8-10H,4H2,1H3;1H. The van der Waals surface area contributed by atoms with Crippen LogP contribution in [0.3, 0.4) is 0 Å². The van der Waals surface area contributed by atoms with Crippen molar-refractivity contribution < 1.29 is 1.43 Å². The summed E-state index contributed by atoms with van der Waals surface area (Å²) in [5, 5.41) is 6.46. The van der Waals surface area contributed by atoms with Crippen LogP contribution in [0.4, 0.5) is 0 Å². The summed E-state index contributed by atoms with van der Waals surface area (Å²) in [4.78, 5) is 0. The molecule has 1 atom stereocenters. The second-order valence-electron chi connectivity index (χ2n) is 2.23. The molecule has 1 aliphatic rings. The van der Waals surface area contributed by atoms with E-state index >= 15 is 0 Å². The maximum absolute atomic E-state index is 4.19. The first-order chi connectivity index (χ1) is 4.79. The number of hydrogen-bond donors (Lipinski definition) is 3. The van der Waals surface area contributed by atoms with Crippen molar-refractivity contribution in [3.8, 4) is 0 Å². The third-order valence-corrected chi connectivity index (χ3v) is 1.30. The highest BCUT2D eigenvalue weighted by Gasteiger charge is 1.96. The Balaban J connectivity index is 0.000001000. The average Bonchev–Trinajstić information content (AvgIpc) is 1.88. The van der Waals surface area contributed by atoms with Gasteiger partial charge in [0, 0.05) is 14.2 Å². The summed E-state index contributed by atoms with van der Waals surface area (Å²) >= 11 is 4.19. The van der Waals surface area contributed by atoms with Gasteiger partial charge in [0.2, 0.25) is 0 Å². The summed E-state index contributed by atoms with van der Waals surface area (Å²) in [6.45, 7) is 2.92. The monoisotopic (exact) mass is 158 g/mol. The Morgan fingerprint density at radius 3 is 3.20 bits per heavy atom. The summed E-state index contributed by atoms with van der Waals surface area (Å²) in [6.07, 6.45) is 6.06. The number of hydrogen-bond acceptors (Lipinski definition) is 3. The van der Waals surface area contributed by atoms with Gasteiger partial charge in [0.1, 0.15) is 0 Å². The van der Waals surface area contributed by atoms with E-state index in [9.17, 15) is 0 Å². The van der Waals surface area contributed by atoms with Gasteiger partial charge in [0.25, 0.3) is 0 Å². The molecule has 0 amide bonds. The zero-order valence-electron chi connectivity index (χ0n) is 5.96. The van der Waals surface area contributed by atoms with Crippen LogP contribution in [0.2, 0.25) is 0 Å². The Morgan fingerprint density at radius 1 is 1.90 bits per heavy atom. The molecule has 0 aromatic rings. The van der Waals surface area contributed by atoms with Gasteiger partial charge in [-0.3, -0.25) is 0 Å². The molecule has 3 heteroatoms. The molecule has 10 heavy (non-hydrogen) atoms. The van der Waals surface area contributed by atoms with Gasteiger partial charge in [0.05, 0.1) is 11.1 Å². The number of rotatable bonds is 2. The highest BCUT2D eigenvalue weighted by atomic mass is 32.1. The fourth-order valence-electron chi connectivity index (χ4n) is 0.802. The van der Waals surface area contributed by atoms with Gasteiger partial charge in [-0.05, 0) is 13.0 Å². The van der Waals surface area contributed by atoms with Crippen molar-refractivity contribution in [2.24, 2.45) is 0 Å². The van der Waals surface area contributed by atoms with Crippen LogP contribution in [0.15, 0.2) is 24.0 Å². The third-order valence-electron chi connectivity index (χ3n) is 1.17. The molecule has 1 heterocycles. The van der Waals surface area contributed by atoms with E-state index in [1.165, 1.54) is 0 Å². The molecule has 1 aliphatic heterocycles. The average molecular weight is 158 g/mol. The van der Waals surface area contributed by atoms with E-state index in [0.717, 1.165) is 12.2 Å². The Bertz CT molecular complexity index is 166. The molecule has 0 saturated heterocycles. The fraction of sp³-hybridized carbons (Fsp3) is 0.429. The number of dihydropyridines is 1. The van der Waals surface area contributed by atoms with Crippen molar-refractivity contribution >= 4 is 12.6 Å². The van der Waals surface area contributed by atoms with Gasteiger partial charge < -0.3 is 10.6 Å².